The number of nitro benzene ring substituents is 1. The molecule has 0 bridgehead atoms. The van der Waals surface area contributed by atoms with Gasteiger partial charge in [-0.3, -0.25) is 14.9 Å². The lowest BCUT2D eigenvalue weighted by Crippen LogP contribution is -2.23. The molecule has 0 radical (unpaired) electrons. The van der Waals surface area contributed by atoms with Crippen LogP contribution in [0.15, 0.2) is 48.5 Å². The first kappa shape index (κ1) is 19.4. The van der Waals surface area contributed by atoms with E-state index in [0.29, 0.717) is 23.6 Å². The molecule has 0 heterocycles. The summed E-state index contributed by atoms with van der Waals surface area (Å²) in [5, 5.41) is 13.1. The Kier molecular flexibility index (Phi) is 6.29. The van der Waals surface area contributed by atoms with Crippen LogP contribution in [-0.4, -0.2) is 31.6 Å². The van der Waals surface area contributed by atoms with E-state index in [2.05, 4.69) is 5.32 Å². The maximum absolute atomic E-state index is 12.1. The number of hydrogen-bond donors (Lipinski definition) is 1. The zero-order valence-electron chi connectivity index (χ0n) is 14.0. The van der Waals surface area contributed by atoms with Crippen LogP contribution in [-0.2, 0) is 20.4 Å². The lowest BCUT2D eigenvalue weighted by Gasteiger charge is -2.08. The van der Waals surface area contributed by atoms with Crippen molar-refractivity contribution in [1.82, 2.24) is 0 Å². The summed E-state index contributed by atoms with van der Waals surface area (Å²) < 4.78 is 29.6. The summed E-state index contributed by atoms with van der Waals surface area (Å²) in [7, 11) is -3.71. The number of amides is 1. The molecule has 0 unspecified atom stereocenters. The Hall–Kier alpha value is -2.94. The molecule has 0 atom stereocenters. The van der Waals surface area contributed by atoms with Crippen molar-refractivity contribution in [3.8, 4) is 5.75 Å². The SMILES string of the molecule is CCOc1ccc(NC(=O)CS(=O)(=O)Cc2ccc([N+](=O)[O-])cc2)cc1. The molecule has 0 aliphatic heterocycles. The second-order valence-corrected chi connectivity index (χ2v) is 7.53. The van der Waals surface area contributed by atoms with Crippen molar-refractivity contribution in [2.75, 3.05) is 17.7 Å². The molecular formula is C17H18N2O6S. The van der Waals surface area contributed by atoms with Gasteiger partial charge in [-0.05, 0) is 36.8 Å². The Balaban J connectivity index is 1.95. The number of ether oxygens (including phenoxy) is 1. The molecule has 8 nitrogen and oxygen atoms in total. The lowest BCUT2D eigenvalue weighted by molar-refractivity contribution is -0.384. The maximum Gasteiger partial charge on any atom is 0.269 e. The second-order valence-electron chi connectivity index (χ2n) is 5.46. The van der Waals surface area contributed by atoms with Crippen LogP contribution >= 0.6 is 0 Å². The van der Waals surface area contributed by atoms with Crippen molar-refractivity contribution in [2.24, 2.45) is 0 Å². The molecule has 0 aromatic heterocycles. The first-order chi connectivity index (χ1) is 12.3. The average Bonchev–Trinajstić information content (AvgIpc) is 2.56. The van der Waals surface area contributed by atoms with E-state index in [4.69, 9.17) is 4.74 Å². The summed E-state index contributed by atoms with van der Waals surface area (Å²) >= 11 is 0. The van der Waals surface area contributed by atoms with Crippen LogP contribution in [0.3, 0.4) is 0 Å². The average molecular weight is 378 g/mol. The number of carbonyl (C=O) groups excluding carboxylic acids is 1. The highest BCUT2D eigenvalue weighted by Gasteiger charge is 2.18. The highest BCUT2D eigenvalue weighted by Crippen LogP contribution is 2.17. The lowest BCUT2D eigenvalue weighted by atomic mass is 10.2. The number of anilines is 1. The normalized spacial score (nSPS) is 11.0. The van der Waals surface area contributed by atoms with E-state index in [1.165, 1.54) is 24.3 Å². The maximum atomic E-state index is 12.1. The zero-order chi connectivity index (χ0) is 19.2. The van der Waals surface area contributed by atoms with Crippen LogP contribution < -0.4 is 10.1 Å². The van der Waals surface area contributed by atoms with Gasteiger partial charge in [0, 0.05) is 17.8 Å². The van der Waals surface area contributed by atoms with Crippen LogP contribution in [0.2, 0.25) is 0 Å². The van der Waals surface area contributed by atoms with E-state index in [1.807, 2.05) is 6.92 Å². The molecule has 0 spiro atoms. The zero-order valence-corrected chi connectivity index (χ0v) is 14.9. The van der Waals surface area contributed by atoms with Crippen LogP contribution in [0.25, 0.3) is 0 Å². The molecule has 0 aliphatic rings. The fraction of sp³-hybridized carbons (Fsp3) is 0.235. The minimum Gasteiger partial charge on any atom is -0.494 e. The minimum absolute atomic E-state index is 0.126. The summed E-state index contributed by atoms with van der Waals surface area (Å²) in [6.07, 6.45) is 0. The van der Waals surface area contributed by atoms with Crippen LogP contribution in [0.1, 0.15) is 12.5 Å². The molecule has 0 saturated carbocycles. The van der Waals surface area contributed by atoms with Crippen molar-refractivity contribution < 1.29 is 22.9 Å². The molecule has 0 aliphatic carbocycles. The molecular weight excluding hydrogens is 360 g/mol. The van der Waals surface area contributed by atoms with Gasteiger partial charge in [-0.1, -0.05) is 12.1 Å². The van der Waals surface area contributed by atoms with Gasteiger partial charge in [0.25, 0.3) is 5.69 Å². The summed E-state index contributed by atoms with van der Waals surface area (Å²) in [5.41, 5.74) is 0.716. The van der Waals surface area contributed by atoms with Gasteiger partial charge in [0.15, 0.2) is 9.84 Å². The van der Waals surface area contributed by atoms with Gasteiger partial charge in [0.1, 0.15) is 11.5 Å². The van der Waals surface area contributed by atoms with Crippen LogP contribution in [0.5, 0.6) is 5.75 Å². The van der Waals surface area contributed by atoms with E-state index < -0.39 is 26.4 Å². The molecule has 0 fully saturated rings. The van der Waals surface area contributed by atoms with E-state index in [9.17, 15) is 23.3 Å². The Morgan fingerprint density at radius 3 is 2.27 bits per heavy atom. The minimum atomic E-state index is -3.71. The number of rotatable bonds is 8. The number of benzene rings is 2. The highest BCUT2D eigenvalue weighted by atomic mass is 32.2. The van der Waals surface area contributed by atoms with Gasteiger partial charge < -0.3 is 10.1 Å². The highest BCUT2D eigenvalue weighted by molar-refractivity contribution is 7.91. The van der Waals surface area contributed by atoms with Gasteiger partial charge >= 0.3 is 0 Å². The summed E-state index contributed by atoms with van der Waals surface area (Å²) in [6.45, 7) is 2.37. The third-order valence-corrected chi connectivity index (χ3v) is 4.81. The van der Waals surface area contributed by atoms with Gasteiger partial charge in [0.05, 0.1) is 17.3 Å². The van der Waals surface area contributed by atoms with Gasteiger partial charge in [-0.15, -0.1) is 0 Å². The molecule has 2 aromatic carbocycles. The second kappa shape index (κ2) is 8.43. The van der Waals surface area contributed by atoms with E-state index in [0.717, 1.165) is 0 Å². The Bertz CT molecular complexity index is 876. The number of carbonyl (C=O) groups is 1. The van der Waals surface area contributed by atoms with E-state index in [1.54, 1.807) is 24.3 Å². The molecule has 138 valence electrons. The quantitative estimate of drug-likeness (QED) is 0.557. The monoisotopic (exact) mass is 378 g/mol. The van der Waals surface area contributed by atoms with Crippen molar-refractivity contribution in [3.05, 3.63) is 64.2 Å². The number of nitro groups is 1. The number of nitrogens with zero attached hydrogens (tertiary/aromatic N) is 1. The van der Waals surface area contributed by atoms with Crippen LogP contribution in [0.4, 0.5) is 11.4 Å². The Morgan fingerprint density at radius 2 is 1.73 bits per heavy atom. The number of nitrogens with one attached hydrogen (secondary N) is 1. The van der Waals surface area contributed by atoms with Gasteiger partial charge in [-0.25, -0.2) is 8.42 Å². The molecule has 1 amide bonds. The third kappa shape index (κ3) is 5.85. The predicted molar refractivity (Wildman–Crippen MR) is 96.8 cm³/mol. The van der Waals surface area contributed by atoms with Crippen molar-refractivity contribution in [3.63, 3.8) is 0 Å². The smallest absolute Gasteiger partial charge is 0.269 e. The van der Waals surface area contributed by atoms with Gasteiger partial charge in [-0.2, -0.15) is 0 Å². The number of sulfone groups is 1. The third-order valence-electron chi connectivity index (χ3n) is 3.33. The molecule has 0 saturated heterocycles. The molecule has 2 rings (SSSR count). The Labute approximate surface area is 150 Å². The Morgan fingerprint density at radius 1 is 1.12 bits per heavy atom. The molecule has 1 N–H and O–H groups in total. The first-order valence-corrected chi connectivity index (χ1v) is 9.57. The van der Waals surface area contributed by atoms with Gasteiger partial charge in [0.2, 0.25) is 5.91 Å². The van der Waals surface area contributed by atoms with Crippen LogP contribution in [0, 0.1) is 10.1 Å². The fourth-order valence-corrected chi connectivity index (χ4v) is 3.49. The summed E-state index contributed by atoms with van der Waals surface area (Å²) in [4.78, 5) is 22.0. The van der Waals surface area contributed by atoms with E-state index >= 15 is 0 Å². The van der Waals surface area contributed by atoms with Crippen molar-refractivity contribution >= 4 is 27.1 Å². The topological polar surface area (TPSA) is 116 Å². The fourth-order valence-electron chi connectivity index (χ4n) is 2.22. The number of hydrogen-bond acceptors (Lipinski definition) is 6. The standard InChI is InChI=1S/C17H18N2O6S/c1-2-25-16-9-5-14(6-10-16)18-17(20)12-26(23,24)11-13-3-7-15(8-4-13)19(21)22/h3-10H,2,11-12H2,1H3,(H,18,20). The van der Waals surface area contributed by atoms with Crippen molar-refractivity contribution in [2.45, 2.75) is 12.7 Å². The van der Waals surface area contributed by atoms with E-state index in [-0.39, 0.29) is 11.4 Å². The number of non-ortho nitro benzene ring substituents is 1. The molecule has 9 heteroatoms. The molecule has 2 aromatic rings. The predicted octanol–water partition coefficient (Wildman–Crippen LogP) is 2.55. The molecule has 26 heavy (non-hydrogen) atoms. The first-order valence-electron chi connectivity index (χ1n) is 7.75. The van der Waals surface area contributed by atoms with Crippen molar-refractivity contribution in [1.29, 1.82) is 0 Å². The summed E-state index contributed by atoms with van der Waals surface area (Å²) in [6, 6.07) is 11.8. The largest absolute Gasteiger partial charge is 0.494 e. The summed E-state index contributed by atoms with van der Waals surface area (Å²) in [5.74, 6) is -1.06.